The summed E-state index contributed by atoms with van der Waals surface area (Å²) in [7, 11) is 0. The molecule has 1 amide bonds. The van der Waals surface area contributed by atoms with Crippen molar-refractivity contribution < 1.29 is 4.79 Å². The van der Waals surface area contributed by atoms with Crippen LogP contribution >= 0.6 is 23.2 Å². The third-order valence-electron chi connectivity index (χ3n) is 4.18. The molecule has 7 heteroatoms. The molecule has 0 saturated carbocycles. The number of para-hydroxylation sites is 1. The lowest BCUT2D eigenvalue weighted by Gasteiger charge is -2.08. The van der Waals surface area contributed by atoms with Gasteiger partial charge in [0.1, 0.15) is 0 Å². The Bertz CT molecular complexity index is 997. The van der Waals surface area contributed by atoms with Gasteiger partial charge in [-0.1, -0.05) is 41.8 Å². The van der Waals surface area contributed by atoms with Gasteiger partial charge in [0, 0.05) is 28.7 Å². The lowest BCUT2D eigenvalue weighted by Crippen LogP contribution is -2.20. The monoisotopic (exact) mass is 403 g/mol. The Kier molecular flexibility index (Phi) is 6.48. The van der Waals surface area contributed by atoms with E-state index in [-0.39, 0.29) is 11.5 Å². The molecule has 1 N–H and O–H groups in total. The molecule has 0 unspecified atom stereocenters. The molecular weight excluding hydrogens is 385 g/mol. The molecule has 0 aliphatic heterocycles. The standard InChI is InChI=1S/C20H19Cl2N3O2/c21-14-10-15(22)12-16(11-14)24-19(26)8-2-1-5-9-25-13-23-18-7-4-3-6-17(18)20(25)27/h3-4,6-7,10-13H,1-2,5,8-9H2,(H,24,26). The number of nitrogens with zero attached hydrogens (tertiary/aromatic N) is 2. The molecule has 3 aromatic rings. The average Bonchev–Trinajstić information content (AvgIpc) is 2.62. The fraction of sp³-hybridized carbons (Fsp3) is 0.250. The van der Waals surface area contributed by atoms with Crippen LogP contribution in [0.25, 0.3) is 10.9 Å². The van der Waals surface area contributed by atoms with Gasteiger partial charge >= 0.3 is 0 Å². The van der Waals surface area contributed by atoms with Crippen molar-refractivity contribution >= 4 is 45.7 Å². The summed E-state index contributed by atoms with van der Waals surface area (Å²) >= 11 is 11.8. The van der Waals surface area contributed by atoms with Crippen LogP contribution in [0.4, 0.5) is 5.69 Å². The van der Waals surface area contributed by atoms with Crippen LogP contribution in [0.3, 0.4) is 0 Å². The average molecular weight is 404 g/mol. The van der Waals surface area contributed by atoms with Crippen LogP contribution in [0.5, 0.6) is 0 Å². The summed E-state index contributed by atoms with van der Waals surface area (Å²) in [5, 5.41) is 4.37. The van der Waals surface area contributed by atoms with E-state index < -0.39 is 0 Å². The summed E-state index contributed by atoms with van der Waals surface area (Å²) in [4.78, 5) is 28.7. The van der Waals surface area contributed by atoms with Crippen LogP contribution in [-0.4, -0.2) is 15.5 Å². The zero-order chi connectivity index (χ0) is 19.2. The molecule has 0 bridgehead atoms. The van der Waals surface area contributed by atoms with E-state index in [4.69, 9.17) is 23.2 Å². The Labute approximate surface area is 166 Å². The van der Waals surface area contributed by atoms with E-state index in [1.54, 1.807) is 35.2 Å². The Hall–Kier alpha value is -2.37. The van der Waals surface area contributed by atoms with Gasteiger partial charge in [-0.3, -0.25) is 14.2 Å². The van der Waals surface area contributed by atoms with Gasteiger partial charge < -0.3 is 5.32 Å². The van der Waals surface area contributed by atoms with Gasteiger partial charge in [0.25, 0.3) is 5.56 Å². The second-order valence-electron chi connectivity index (χ2n) is 6.28. The third kappa shape index (κ3) is 5.31. The zero-order valence-electron chi connectivity index (χ0n) is 14.6. The predicted octanol–water partition coefficient (Wildman–Crippen LogP) is 4.90. The maximum Gasteiger partial charge on any atom is 0.261 e. The van der Waals surface area contributed by atoms with Crippen LogP contribution in [0.2, 0.25) is 10.0 Å². The summed E-state index contributed by atoms with van der Waals surface area (Å²) in [6, 6.07) is 12.2. The van der Waals surface area contributed by atoms with Gasteiger partial charge in [0.15, 0.2) is 0 Å². The first kappa shape index (κ1) is 19.4. The lowest BCUT2D eigenvalue weighted by molar-refractivity contribution is -0.116. The van der Waals surface area contributed by atoms with E-state index in [1.165, 1.54) is 0 Å². The molecule has 5 nitrogen and oxygen atoms in total. The second kappa shape index (κ2) is 9.02. The number of unbranched alkanes of at least 4 members (excludes halogenated alkanes) is 2. The lowest BCUT2D eigenvalue weighted by atomic mass is 10.2. The van der Waals surface area contributed by atoms with E-state index in [9.17, 15) is 9.59 Å². The van der Waals surface area contributed by atoms with E-state index in [0.29, 0.717) is 39.6 Å². The molecule has 3 rings (SSSR count). The second-order valence-corrected chi connectivity index (χ2v) is 7.15. The molecule has 1 aromatic heterocycles. The van der Waals surface area contributed by atoms with Crippen molar-refractivity contribution in [3.05, 3.63) is 69.2 Å². The first-order valence-electron chi connectivity index (χ1n) is 8.73. The molecular formula is C20H19Cl2N3O2. The number of anilines is 1. The summed E-state index contributed by atoms with van der Waals surface area (Å²) < 4.78 is 1.62. The minimum Gasteiger partial charge on any atom is -0.326 e. The Morgan fingerprint density at radius 1 is 1.04 bits per heavy atom. The quantitative estimate of drug-likeness (QED) is 0.570. The topological polar surface area (TPSA) is 64.0 Å². The van der Waals surface area contributed by atoms with Crippen molar-refractivity contribution in [3.8, 4) is 0 Å². The highest BCUT2D eigenvalue weighted by Crippen LogP contribution is 2.22. The highest BCUT2D eigenvalue weighted by Gasteiger charge is 2.06. The normalized spacial score (nSPS) is 10.9. The Morgan fingerprint density at radius 2 is 1.78 bits per heavy atom. The molecule has 2 aromatic carbocycles. The van der Waals surface area contributed by atoms with Crippen LogP contribution < -0.4 is 10.9 Å². The van der Waals surface area contributed by atoms with Gasteiger partial charge in [0.05, 0.1) is 17.2 Å². The SMILES string of the molecule is O=C(CCCCCn1cnc2ccccc2c1=O)Nc1cc(Cl)cc(Cl)c1. The van der Waals surface area contributed by atoms with Crippen molar-refractivity contribution in [2.45, 2.75) is 32.2 Å². The van der Waals surface area contributed by atoms with E-state index in [1.807, 2.05) is 18.2 Å². The van der Waals surface area contributed by atoms with E-state index in [0.717, 1.165) is 19.3 Å². The number of aryl methyl sites for hydroxylation is 1. The molecule has 0 spiro atoms. The minimum atomic E-state index is -0.0853. The maximum atomic E-state index is 12.4. The van der Waals surface area contributed by atoms with Crippen LogP contribution in [0.15, 0.2) is 53.6 Å². The Morgan fingerprint density at radius 3 is 2.56 bits per heavy atom. The molecule has 0 atom stereocenters. The number of halogens is 2. The van der Waals surface area contributed by atoms with Crippen molar-refractivity contribution in [1.29, 1.82) is 0 Å². The number of hydrogen-bond donors (Lipinski definition) is 1. The largest absolute Gasteiger partial charge is 0.326 e. The zero-order valence-corrected chi connectivity index (χ0v) is 16.1. The number of fused-ring (bicyclic) bond motifs is 1. The molecule has 0 fully saturated rings. The summed E-state index contributed by atoms with van der Waals surface area (Å²) in [6.45, 7) is 0.586. The molecule has 140 valence electrons. The molecule has 0 saturated heterocycles. The molecule has 0 aliphatic rings. The fourth-order valence-corrected chi connectivity index (χ4v) is 3.39. The predicted molar refractivity (Wildman–Crippen MR) is 110 cm³/mol. The van der Waals surface area contributed by atoms with Crippen molar-refractivity contribution in [2.75, 3.05) is 5.32 Å². The van der Waals surface area contributed by atoms with E-state index in [2.05, 4.69) is 10.3 Å². The number of carbonyl (C=O) groups is 1. The number of hydrogen-bond acceptors (Lipinski definition) is 3. The molecule has 1 heterocycles. The maximum absolute atomic E-state index is 12.4. The first-order valence-corrected chi connectivity index (χ1v) is 9.48. The van der Waals surface area contributed by atoms with Crippen molar-refractivity contribution in [2.24, 2.45) is 0 Å². The molecule has 0 radical (unpaired) electrons. The first-order chi connectivity index (χ1) is 13.0. The smallest absolute Gasteiger partial charge is 0.261 e. The minimum absolute atomic E-state index is 0.0313. The third-order valence-corrected chi connectivity index (χ3v) is 4.62. The number of aromatic nitrogens is 2. The summed E-state index contributed by atoms with van der Waals surface area (Å²) in [5.74, 6) is -0.0853. The van der Waals surface area contributed by atoms with Gasteiger partial charge in [-0.05, 0) is 43.2 Å². The Balaban J connectivity index is 1.45. The summed E-state index contributed by atoms with van der Waals surface area (Å²) in [6.07, 6.45) is 4.35. The van der Waals surface area contributed by atoms with Gasteiger partial charge in [-0.25, -0.2) is 4.98 Å². The number of carbonyl (C=O) groups excluding carboxylic acids is 1. The van der Waals surface area contributed by atoms with E-state index >= 15 is 0 Å². The van der Waals surface area contributed by atoms with Gasteiger partial charge in [-0.15, -0.1) is 0 Å². The molecule has 0 aliphatic carbocycles. The van der Waals surface area contributed by atoms with Gasteiger partial charge in [-0.2, -0.15) is 0 Å². The number of nitrogens with one attached hydrogen (secondary N) is 1. The van der Waals surface area contributed by atoms with Crippen LogP contribution in [0, 0.1) is 0 Å². The number of rotatable bonds is 7. The van der Waals surface area contributed by atoms with Gasteiger partial charge in [0.2, 0.25) is 5.91 Å². The highest BCUT2D eigenvalue weighted by atomic mass is 35.5. The van der Waals surface area contributed by atoms with Crippen molar-refractivity contribution in [1.82, 2.24) is 9.55 Å². The number of amides is 1. The van der Waals surface area contributed by atoms with Crippen LogP contribution in [-0.2, 0) is 11.3 Å². The fourth-order valence-electron chi connectivity index (χ4n) is 2.86. The summed E-state index contributed by atoms with van der Waals surface area (Å²) in [5.41, 5.74) is 1.26. The molecule has 27 heavy (non-hydrogen) atoms. The number of benzene rings is 2. The van der Waals surface area contributed by atoms with Crippen molar-refractivity contribution in [3.63, 3.8) is 0 Å². The van der Waals surface area contributed by atoms with Crippen LogP contribution in [0.1, 0.15) is 25.7 Å². The highest BCUT2D eigenvalue weighted by molar-refractivity contribution is 6.35.